The molecular formula is C16H20N2O3S2. The lowest BCUT2D eigenvalue weighted by Gasteiger charge is -2.34. The largest absolute Gasteiger partial charge is 0.373 e. The van der Waals surface area contributed by atoms with Crippen molar-refractivity contribution in [3.8, 4) is 10.4 Å². The quantitative estimate of drug-likeness (QED) is 0.852. The zero-order valence-corrected chi connectivity index (χ0v) is 15.0. The lowest BCUT2D eigenvalue weighted by molar-refractivity contribution is -0.0441. The summed E-state index contributed by atoms with van der Waals surface area (Å²) in [6, 6.07) is 9.54. The Balaban J connectivity index is 2.04. The van der Waals surface area contributed by atoms with Crippen LogP contribution in [-0.4, -0.2) is 43.0 Å². The number of morpholine rings is 1. The van der Waals surface area contributed by atoms with E-state index in [1.807, 2.05) is 51.1 Å². The van der Waals surface area contributed by atoms with Crippen LogP contribution in [0.1, 0.15) is 18.9 Å². The zero-order valence-electron chi connectivity index (χ0n) is 13.4. The van der Waals surface area contributed by atoms with Gasteiger partial charge in [-0.1, -0.05) is 30.3 Å². The van der Waals surface area contributed by atoms with E-state index in [4.69, 9.17) is 4.74 Å². The van der Waals surface area contributed by atoms with Gasteiger partial charge in [-0.15, -0.1) is 11.3 Å². The van der Waals surface area contributed by atoms with Crippen LogP contribution in [0.3, 0.4) is 0 Å². The van der Waals surface area contributed by atoms with Crippen LogP contribution in [0.5, 0.6) is 0 Å². The number of aromatic nitrogens is 1. The van der Waals surface area contributed by atoms with Gasteiger partial charge in [0.05, 0.1) is 22.1 Å². The van der Waals surface area contributed by atoms with Crippen molar-refractivity contribution in [1.82, 2.24) is 9.29 Å². The fraction of sp³-hybridized carbons (Fsp3) is 0.438. The van der Waals surface area contributed by atoms with Crippen LogP contribution in [0.2, 0.25) is 0 Å². The Morgan fingerprint density at radius 3 is 2.39 bits per heavy atom. The normalized spacial score (nSPS) is 23.1. The van der Waals surface area contributed by atoms with Gasteiger partial charge in [-0.2, -0.15) is 4.31 Å². The van der Waals surface area contributed by atoms with E-state index in [-0.39, 0.29) is 17.2 Å². The molecule has 2 heterocycles. The molecule has 0 N–H and O–H groups in total. The van der Waals surface area contributed by atoms with Crippen LogP contribution in [0.15, 0.2) is 35.4 Å². The first kappa shape index (κ1) is 16.6. The van der Waals surface area contributed by atoms with Crippen molar-refractivity contribution in [2.24, 2.45) is 0 Å². The van der Waals surface area contributed by atoms with Crippen molar-refractivity contribution < 1.29 is 13.2 Å². The van der Waals surface area contributed by atoms with Gasteiger partial charge in [-0.05, 0) is 26.3 Å². The van der Waals surface area contributed by atoms with Crippen molar-refractivity contribution >= 4 is 21.4 Å². The van der Waals surface area contributed by atoms with Crippen LogP contribution in [-0.2, 0) is 14.8 Å². The average Bonchev–Trinajstić information content (AvgIpc) is 2.90. The van der Waals surface area contributed by atoms with E-state index >= 15 is 0 Å². The minimum Gasteiger partial charge on any atom is -0.373 e. The van der Waals surface area contributed by atoms with E-state index in [1.54, 1.807) is 0 Å². The number of aryl methyl sites for hydroxylation is 1. The van der Waals surface area contributed by atoms with Gasteiger partial charge >= 0.3 is 0 Å². The highest BCUT2D eigenvalue weighted by Crippen LogP contribution is 2.35. The first-order chi connectivity index (χ1) is 10.9. The summed E-state index contributed by atoms with van der Waals surface area (Å²) in [7, 11) is -3.63. The number of rotatable bonds is 3. The fourth-order valence-corrected chi connectivity index (χ4v) is 5.78. The number of benzene rings is 1. The Morgan fingerprint density at radius 1 is 1.17 bits per heavy atom. The van der Waals surface area contributed by atoms with Gasteiger partial charge in [0, 0.05) is 13.1 Å². The first-order valence-corrected chi connectivity index (χ1v) is 9.82. The summed E-state index contributed by atoms with van der Waals surface area (Å²) in [6.07, 6.45) is -0.234. The highest BCUT2D eigenvalue weighted by atomic mass is 32.2. The highest BCUT2D eigenvalue weighted by molar-refractivity contribution is 7.89. The number of hydrogen-bond acceptors (Lipinski definition) is 5. The molecule has 5 nitrogen and oxygen atoms in total. The van der Waals surface area contributed by atoms with Crippen LogP contribution in [0.25, 0.3) is 10.4 Å². The molecule has 1 aliphatic heterocycles. The first-order valence-electron chi connectivity index (χ1n) is 7.56. The maximum absolute atomic E-state index is 13.1. The van der Waals surface area contributed by atoms with Crippen molar-refractivity contribution in [2.75, 3.05) is 13.1 Å². The second-order valence-corrected chi connectivity index (χ2v) is 8.87. The van der Waals surface area contributed by atoms with E-state index < -0.39 is 10.0 Å². The molecule has 1 aromatic heterocycles. The monoisotopic (exact) mass is 352 g/mol. The van der Waals surface area contributed by atoms with Crippen molar-refractivity contribution in [2.45, 2.75) is 38.0 Å². The van der Waals surface area contributed by atoms with Crippen molar-refractivity contribution in [3.63, 3.8) is 0 Å². The maximum atomic E-state index is 13.1. The van der Waals surface area contributed by atoms with Gasteiger partial charge in [-0.25, -0.2) is 13.4 Å². The second kappa shape index (κ2) is 6.32. The van der Waals surface area contributed by atoms with Gasteiger partial charge in [0.1, 0.15) is 0 Å². The third-order valence-corrected chi connectivity index (χ3v) is 6.62. The molecule has 0 unspecified atom stereocenters. The van der Waals surface area contributed by atoms with E-state index in [1.165, 1.54) is 15.6 Å². The van der Waals surface area contributed by atoms with Gasteiger partial charge in [-0.3, -0.25) is 0 Å². The molecule has 0 saturated carbocycles. The van der Waals surface area contributed by atoms with Crippen LogP contribution >= 0.6 is 11.3 Å². The van der Waals surface area contributed by atoms with Gasteiger partial charge in [0.25, 0.3) is 10.0 Å². The topological polar surface area (TPSA) is 59.5 Å². The minimum atomic E-state index is -3.63. The molecule has 124 valence electrons. The smallest absolute Gasteiger partial charge is 0.262 e. The Labute approximate surface area is 141 Å². The lowest BCUT2D eigenvalue weighted by atomic mass is 10.2. The molecule has 0 radical (unpaired) electrons. The Bertz CT molecular complexity index is 777. The van der Waals surface area contributed by atoms with Crippen LogP contribution in [0.4, 0.5) is 0 Å². The van der Waals surface area contributed by atoms with Crippen LogP contribution < -0.4 is 0 Å². The lowest BCUT2D eigenvalue weighted by Crippen LogP contribution is -2.48. The number of hydrogen-bond donors (Lipinski definition) is 0. The van der Waals surface area contributed by atoms with Crippen LogP contribution in [0, 0.1) is 6.92 Å². The molecule has 1 saturated heterocycles. The van der Waals surface area contributed by atoms with E-state index in [9.17, 15) is 8.42 Å². The molecule has 0 bridgehead atoms. The predicted molar refractivity (Wildman–Crippen MR) is 91.1 cm³/mol. The minimum absolute atomic E-state index is 0.117. The van der Waals surface area contributed by atoms with Crippen molar-refractivity contribution in [3.05, 3.63) is 35.3 Å². The number of ether oxygens (including phenoxy) is 1. The Hall–Kier alpha value is -1.28. The van der Waals surface area contributed by atoms with Gasteiger partial charge in [0.2, 0.25) is 0 Å². The molecule has 0 amide bonds. The maximum Gasteiger partial charge on any atom is 0.262 e. The predicted octanol–water partition coefficient (Wildman–Crippen LogP) is 2.92. The number of sulfonamides is 1. The molecule has 1 aliphatic rings. The van der Waals surface area contributed by atoms with Gasteiger partial charge < -0.3 is 4.74 Å². The summed E-state index contributed by atoms with van der Waals surface area (Å²) in [6.45, 7) is 6.33. The second-order valence-electron chi connectivity index (χ2n) is 5.81. The Kier molecular flexibility index (Phi) is 4.55. The molecule has 7 heteroatoms. The summed E-state index contributed by atoms with van der Waals surface area (Å²) in [5.41, 5.74) is 0.881. The molecule has 0 spiro atoms. The molecular weight excluding hydrogens is 332 g/mol. The van der Waals surface area contributed by atoms with Gasteiger partial charge in [0.15, 0.2) is 5.03 Å². The Morgan fingerprint density at radius 2 is 1.78 bits per heavy atom. The molecule has 3 rings (SSSR count). The van der Waals surface area contributed by atoms with Crippen molar-refractivity contribution in [1.29, 1.82) is 0 Å². The zero-order chi connectivity index (χ0) is 16.6. The SMILES string of the molecule is Cc1nc(S(=O)(=O)N2C[C@@H](C)O[C@H](C)C2)c(-c2ccccc2)s1. The molecule has 0 aliphatic carbocycles. The molecule has 2 aromatic rings. The number of thiazole rings is 1. The summed E-state index contributed by atoms with van der Waals surface area (Å²) in [5, 5.41) is 0.907. The summed E-state index contributed by atoms with van der Waals surface area (Å²) < 4.78 is 33.3. The van der Waals surface area contributed by atoms with E-state index in [0.717, 1.165) is 10.6 Å². The standard InChI is InChI=1S/C16H20N2O3S2/c1-11-9-18(10-12(2)21-11)23(19,20)16-15(22-13(3)17-16)14-7-5-4-6-8-14/h4-8,11-12H,9-10H2,1-3H3/t11-,12-/m1/s1. The fourth-order valence-electron chi connectivity index (χ4n) is 2.80. The number of nitrogens with zero attached hydrogens (tertiary/aromatic N) is 2. The van der Waals surface area contributed by atoms with E-state index in [0.29, 0.717) is 18.0 Å². The summed E-state index contributed by atoms with van der Waals surface area (Å²) in [5.74, 6) is 0. The third-order valence-electron chi connectivity index (χ3n) is 3.71. The highest BCUT2D eigenvalue weighted by Gasteiger charge is 2.35. The summed E-state index contributed by atoms with van der Waals surface area (Å²) >= 11 is 1.41. The molecule has 1 fully saturated rings. The molecule has 2 atom stereocenters. The molecule has 1 aromatic carbocycles. The van der Waals surface area contributed by atoms with E-state index in [2.05, 4.69) is 4.98 Å². The average molecular weight is 352 g/mol. The summed E-state index contributed by atoms with van der Waals surface area (Å²) in [4.78, 5) is 5.04. The third kappa shape index (κ3) is 3.33. The molecule has 23 heavy (non-hydrogen) atoms.